The molecule has 15 rings (SSSR count). The van der Waals surface area contributed by atoms with Crippen LogP contribution in [0, 0.1) is 0 Å². The number of nitrogens with one attached hydrogen (secondary N) is 2. The molecule has 2 radical (unpaired) electrons. The third-order valence-electron chi connectivity index (χ3n) is 17.6. The third-order valence-corrected chi connectivity index (χ3v) is 20.0. The van der Waals surface area contributed by atoms with Gasteiger partial charge in [-0.15, -0.1) is 22.7 Å². The van der Waals surface area contributed by atoms with Crippen molar-refractivity contribution < 1.29 is 0 Å². The highest BCUT2D eigenvalue weighted by Gasteiger charge is 2.45. The van der Waals surface area contributed by atoms with E-state index in [0.29, 0.717) is 0 Å². The number of hydrogen-bond donors (Lipinski definition) is 2. The van der Waals surface area contributed by atoms with Crippen LogP contribution in [0.2, 0.25) is 0 Å². The molecule has 77 heavy (non-hydrogen) atoms. The SMILES string of the molecule is CC(C)(C)c1ccc2c(c1)[B]c1ccc3c(sc4ccccc43)c1-c1cc(C(C)(C)C)cc3c1Nc1c-2cc2c4c1B3c1cc(C(C)(C)C)cc(c1N4)-c1c(ccc3c1sc1ccccc13)[B]c1cc(C(C)(C)C)ccc1-2. The van der Waals surface area contributed by atoms with Gasteiger partial charge in [-0.2, -0.15) is 0 Å². The summed E-state index contributed by atoms with van der Waals surface area (Å²) in [6, 6.07) is 55.2. The average Bonchev–Trinajstić information content (AvgIpc) is 4.09. The van der Waals surface area contributed by atoms with Crippen LogP contribution in [0.15, 0.2) is 140 Å². The van der Waals surface area contributed by atoms with E-state index in [-0.39, 0.29) is 28.4 Å². The minimum Gasteiger partial charge on any atom is -0.355 e. The van der Waals surface area contributed by atoms with Crippen LogP contribution in [0.4, 0.5) is 22.7 Å². The van der Waals surface area contributed by atoms with Gasteiger partial charge < -0.3 is 10.6 Å². The summed E-state index contributed by atoms with van der Waals surface area (Å²) in [7, 11) is 5.06. The summed E-state index contributed by atoms with van der Waals surface area (Å²) in [4.78, 5) is 0. The van der Waals surface area contributed by atoms with Crippen LogP contribution in [0.3, 0.4) is 0 Å². The number of hydrogen-bond acceptors (Lipinski definition) is 4. The standard InChI is InChI=1S/C70H61B3N2S2/c1-67(2,3)36-21-23-40-46-35-47-41-24-22-37(68(4,5)6)32-53(41)72-51-28-26-45-43-18-14-16-20-57(43)77-66(45)59(51)49-30-39(70(10,11)12)34-55-62(49)75-64(47)60-63(46)74-61-48(29-38(69(7,8)9)33-54(61)73(55)60)58-50(71-52(40)31-36)27-25-44-42-17-13-15-19-56(42)76-65(44)58/h13-35,74-75H,1-12H3. The number of fused-ring (bicyclic) bond motifs is 18. The van der Waals surface area contributed by atoms with Crippen LogP contribution in [-0.4, -0.2) is 21.3 Å². The first kappa shape index (κ1) is 47.4. The highest BCUT2D eigenvalue weighted by Crippen LogP contribution is 2.51. The topological polar surface area (TPSA) is 24.1 Å². The first-order valence-electron chi connectivity index (χ1n) is 27.7. The summed E-state index contributed by atoms with van der Waals surface area (Å²) in [5.41, 5.74) is 28.8. The molecule has 0 atom stereocenters. The fourth-order valence-electron chi connectivity index (χ4n) is 13.3. The van der Waals surface area contributed by atoms with E-state index in [2.05, 4.69) is 248 Å². The molecule has 372 valence electrons. The van der Waals surface area contributed by atoms with Gasteiger partial charge in [0.05, 0.1) is 0 Å². The first-order chi connectivity index (χ1) is 36.7. The number of thiophene rings is 2. The fraction of sp³-hybridized carbons (Fsp3) is 0.229. The monoisotopic (exact) mass is 1030 g/mol. The molecule has 7 heteroatoms. The summed E-state index contributed by atoms with van der Waals surface area (Å²) in [6.45, 7) is 28.4. The molecule has 6 heterocycles. The minimum atomic E-state index is -0.149. The second-order valence-corrected chi connectivity index (χ2v) is 28.8. The van der Waals surface area contributed by atoms with Gasteiger partial charge in [0.1, 0.15) is 0 Å². The zero-order valence-electron chi connectivity index (χ0n) is 46.3. The highest BCUT2D eigenvalue weighted by atomic mass is 32.1. The van der Waals surface area contributed by atoms with E-state index >= 15 is 0 Å². The molecule has 0 amide bonds. The molecule has 0 unspecified atom stereocenters. The van der Waals surface area contributed by atoms with Crippen LogP contribution in [-0.2, 0) is 21.7 Å². The van der Waals surface area contributed by atoms with Gasteiger partial charge in [-0.1, -0.05) is 214 Å². The van der Waals surface area contributed by atoms with E-state index in [1.165, 1.54) is 168 Å². The van der Waals surface area contributed by atoms with E-state index in [4.69, 9.17) is 0 Å². The van der Waals surface area contributed by atoms with Crippen LogP contribution < -0.4 is 48.9 Å². The van der Waals surface area contributed by atoms with Gasteiger partial charge in [0.2, 0.25) is 0 Å². The van der Waals surface area contributed by atoms with E-state index in [0.717, 1.165) is 0 Å². The molecule has 2 N–H and O–H groups in total. The lowest BCUT2D eigenvalue weighted by molar-refractivity contribution is 0.590. The van der Waals surface area contributed by atoms with Gasteiger partial charge in [-0.05, 0) is 113 Å². The molecule has 0 saturated heterocycles. The number of rotatable bonds is 0. The van der Waals surface area contributed by atoms with Gasteiger partial charge in [-0.3, -0.25) is 0 Å². The van der Waals surface area contributed by atoms with Crippen LogP contribution in [0.1, 0.15) is 105 Å². The summed E-state index contributed by atoms with van der Waals surface area (Å²) in [5.74, 6) is 0. The molecule has 4 aliphatic heterocycles. The Kier molecular flexibility index (Phi) is 9.81. The molecule has 11 aromatic rings. The van der Waals surface area contributed by atoms with Crippen LogP contribution in [0.25, 0.3) is 84.9 Å². The summed E-state index contributed by atoms with van der Waals surface area (Å²) in [6.07, 6.45) is 0. The quantitative estimate of drug-likeness (QED) is 0.148. The first-order valence-corrected chi connectivity index (χ1v) is 29.3. The fourth-order valence-corrected chi connectivity index (χ4v) is 15.8. The molecule has 0 fully saturated rings. The second kappa shape index (κ2) is 15.9. The molecule has 0 saturated carbocycles. The lowest BCUT2D eigenvalue weighted by atomic mass is 9.32. The molecule has 0 aliphatic carbocycles. The van der Waals surface area contributed by atoms with Gasteiger partial charge in [0.15, 0.2) is 14.6 Å². The normalized spacial score (nSPS) is 14.1. The van der Waals surface area contributed by atoms with Crippen LogP contribution >= 0.6 is 22.7 Å². The molecule has 4 bridgehead atoms. The molecular formula is C70H61B3N2S2. The summed E-state index contributed by atoms with van der Waals surface area (Å²) >= 11 is 3.88. The zero-order valence-corrected chi connectivity index (χ0v) is 48.0. The Morgan fingerprint density at radius 1 is 0.351 bits per heavy atom. The van der Waals surface area contributed by atoms with Crippen molar-refractivity contribution in [2.45, 2.75) is 105 Å². The van der Waals surface area contributed by atoms with Crippen molar-refractivity contribution in [1.29, 1.82) is 0 Å². The molecule has 4 aliphatic rings. The van der Waals surface area contributed by atoms with Crippen molar-refractivity contribution >= 4 is 145 Å². The second-order valence-electron chi connectivity index (χ2n) is 26.7. The Labute approximate surface area is 463 Å². The number of anilines is 4. The lowest BCUT2D eigenvalue weighted by Crippen LogP contribution is -2.60. The molecule has 2 aromatic heterocycles. The van der Waals surface area contributed by atoms with Crippen LogP contribution in [0.5, 0.6) is 0 Å². The summed E-state index contributed by atoms with van der Waals surface area (Å²) in [5, 5.41) is 14.1. The molecule has 0 spiro atoms. The maximum absolute atomic E-state index is 4.43. The molecular weight excluding hydrogens is 965 g/mol. The van der Waals surface area contributed by atoms with E-state index in [1.807, 2.05) is 22.7 Å². The lowest BCUT2D eigenvalue weighted by Gasteiger charge is -2.41. The maximum Gasteiger partial charge on any atom is 0.252 e. The summed E-state index contributed by atoms with van der Waals surface area (Å²) < 4.78 is 5.31. The largest absolute Gasteiger partial charge is 0.355 e. The smallest absolute Gasteiger partial charge is 0.252 e. The van der Waals surface area contributed by atoms with Gasteiger partial charge >= 0.3 is 0 Å². The number of benzene rings is 9. The Morgan fingerprint density at radius 3 is 1.18 bits per heavy atom. The predicted molar refractivity (Wildman–Crippen MR) is 343 cm³/mol. The highest BCUT2D eigenvalue weighted by molar-refractivity contribution is 7.27. The average molecular weight is 1030 g/mol. The van der Waals surface area contributed by atoms with Crippen molar-refractivity contribution in [3.8, 4) is 44.5 Å². The van der Waals surface area contributed by atoms with Gasteiger partial charge in [0, 0.05) is 85.3 Å². The Morgan fingerprint density at radius 2 is 0.766 bits per heavy atom. The van der Waals surface area contributed by atoms with E-state index in [9.17, 15) is 0 Å². The third kappa shape index (κ3) is 7.01. The van der Waals surface area contributed by atoms with Crippen molar-refractivity contribution in [2.24, 2.45) is 0 Å². The van der Waals surface area contributed by atoms with E-state index in [1.54, 1.807) is 0 Å². The Bertz CT molecular complexity index is 4170. The van der Waals surface area contributed by atoms with Crippen molar-refractivity contribution in [3.63, 3.8) is 0 Å². The maximum atomic E-state index is 4.43. The molecule has 9 aromatic carbocycles. The van der Waals surface area contributed by atoms with Crippen molar-refractivity contribution in [2.75, 3.05) is 10.6 Å². The van der Waals surface area contributed by atoms with Gasteiger partial charge in [0.25, 0.3) is 6.71 Å². The zero-order chi connectivity index (χ0) is 53.0. The van der Waals surface area contributed by atoms with E-state index < -0.39 is 0 Å². The van der Waals surface area contributed by atoms with Crippen molar-refractivity contribution in [3.05, 3.63) is 162 Å². The van der Waals surface area contributed by atoms with Crippen molar-refractivity contribution in [1.82, 2.24) is 0 Å². The minimum absolute atomic E-state index is 0.0563. The molecule has 2 nitrogen and oxygen atoms in total. The Balaban J connectivity index is 1.16. The Hall–Kier alpha value is -6.79. The van der Waals surface area contributed by atoms with Gasteiger partial charge in [-0.25, -0.2) is 0 Å². The predicted octanol–water partition coefficient (Wildman–Crippen LogP) is 14.8.